The summed E-state index contributed by atoms with van der Waals surface area (Å²) in [6.45, 7) is 2.13. The minimum atomic E-state index is -0.240. The number of hydrogen-bond donors (Lipinski definition) is 2. The zero-order valence-corrected chi connectivity index (χ0v) is 11.4. The molecule has 0 spiro atoms. The number of thiazole rings is 1. The molecule has 0 bridgehead atoms. The van der Waals surface area contributed by atoms with Crippen LogP contribution in [0.1, 0.15) is 21.1 Å². The normalized spacial score (nSPS) is 9.84. The molecule has 2 heterocycles. The lowest BCUT2D eigenvalue weighted by molar-refractivity contribution is 0.101. The van der Waals surface area contributed by atoms with Gasteiger partial charge in [-0.2, -0.15) is 5.10 Å². The Labute approximate surface area is 114 Å². The molecular weight excluding hydrogens is 262 g/mol. The van der Waals surface area contributed by atoms with Crippen molar-refractivity contribution in [3.05, 3.63) is 28.5 Å². The van der Waals surface area contributed by atoms with Crippen LogP contribution in [-0.2, 0) is 7.05 Å². The van der Waals surface area contributed by atoms with Gasteiger partial charge in [-0.3, -0.25) is 14.8 Å². The lowest BCUT2D eigenvalue weighted by atomic mass is 10.3. The van der Waals surface area contributed by atoms with Gasteiger partial charge in [0.2, 0.25) is 0 Å². The van der Waals surface area contributed by atoms with Crippen LogP contribution in [-0.4, -0.2) is 27.2 Å². The lowest BCUT2D eigenvalue weighted by Gasteiger charge is -2.00. The van der Waals surface area contributed by atoms with Gasteiger partial charge in [0.15, 0.2) is 5.13 Å². The Morgan fingerprint density at radius 2 is 2.42 bits per heavy atom. The van der Waals surface area contributed by atoms with E-state index in [2.05, 4.69) is 27.2 Å². The fourth-order valence-corrected chi connectivity index (χ4v) is 2.20. The maximum absolute atomic E-state index is 12.0. The number of rotatable bonds is 2. The van der Waals surface area contributed by atoms with Crippen LogP contribution < -0.4 is 11.1 Å². The highest BCUT2D eigenvalue weighted by molar-refractivity contribution is 7.16. The van der Waals surface area contributed by atoms with Crippen molar-refractivity contribution in [2.24, 2.45) is 12.8 Å². The number of carbonyl (C=O) groups is 1. The summed E-state index contributed by atoms with van der Waals surface area (Å²) in [6.07, 6.45) is 1.61. The summed E-state index contributed by atoms with van der Waals surface area (Å²) in [6, 6.07) is 1.72. The highest BCUT2D eigenvalue weighted by Gasteiger charge is 2.13. The Balaban J connectivity index is 2.11. The van der Waals surface area contributed by atoms with Crippen molar-refractivity contribution in [2.75, 3.05) is 11.9 Å². The molecule has 7 heteroatoms. The fourth-order valence-electron chi connectivity index (χ4n) is 1.51. The maximum atomic E-state index is 12.0. The lowest BCUT2D eigenvalue weighted by Crippen LogP contribution is -2.15. The molecule has 0 unspecified atom stereocenters. The van der Waals surface area contributed by atoms with E-state index in [1.165, 1.54) is 16.0 Å². The Morgan fingerprint density at radius 3 is 3.05 bits per heavy atom. The molecule has 98 valence electrons. The zero-order chi connectivity index (χ0) is 13.8. The molecule has 0 saturated heterocycles. The summed E-state index contributed by atoms with van der Waals surface area (Å²) in [7, 11) is 1.72. The molecule has 0 aliphatic carbocycles. The third-order valence-corrected chi connectivity index (χ3v) is 3.10. The Hall–Kier alpha value is -2.17. The minimum Gasteiger partial charge on any atom is -0.320 e. The van der Waals surface area contributed by atoms with Crippen molar-refractivity contribution < 1.29 is 4.79 Å². The van der Waals surface area contributed by atoms with E-state index >= 15 is 0 Å². The topological polar surface area (TPSA) is 85.8 Å². The highest BCUT2D eigenvalue weighted by Crippen LogP contribution is 2.17. The molecular formula is C12H13N5OS. The Morgan fingerprint density at radius 1 is 1.63 bits per heavy atom. The van der Waals surface area contributed by atoms with Crippen LogP contribution in [0, 0.1) is 18.8 Å². The largest absolute Gasteiger partial charge is 0.320 e. The minimum absolute atomic E-state index is 0.240. The summed E-state index contributed by atoms with van der Waals surface area (Å²) in [4.78, 5) is 16.9. The van der Waals surface area contributed by atoms with Gasteiger partial charge in [0.1, 0.15) is 5.69 Å². The summed E-state index contributed by atoms with van der Waals surface area (Å²) in [5.74, 6) is 5.36. The number of nitrogens with two attached hydrogens (primary N) is 1. The second-order valence-corrected chi connectivity index (χ2v) is 4.81. The number of hydrogen-bond acceptors (Lipinski definition) is 5. The van der Waals surface area contributed by atoms with E-state index in [4.69, 9.17) is 5.73 Å². The third kappa shape index (κ3) is 3.19. The molecule has 0 aliphatic heterocycles. The first-order chi connectivity index (χ1) is 9.10. The SMILES string of the molecule is Cc1cc(C(=O)Nc2ncc(C#CCN)s2)n(C)n1. The molecule has 2 aromatic rings. The summed E-state index contributed by atoms with van der Waals surface area (Å²) in [5.41, 5.74) is 6.57. The van der Waals surface area contributed by atoms with Gasteiger partial charge in [-0.1, -0.05) is 23.2 Å². The molecule has 0 saturated carbocycles. The van der Waals surface area contributed by atoms with E-state index in [1.807, 2.05) is 6.92 Å². The van der Waals surface area contributed by atoms with E-state index in [-0.39, 0.29) is 5.91 Å². The highest BCUT2D eigenvalue weighted by atomic mass is 32.1. The molecule has 2 rings (SSSR count). The molecule has 1 amide bonds. The van der Waals surface area contributed by atoms with E-state index in [9.17, 15) is 4.79 Å². The molecule has 0 aromatic carbocycles. The molecule has 19 heavy (non-hydrogen) atoms. The van der Waals surface area contributed by atoms with Gasteiger partial charge in [-0.25, -0.2) is 4.98 Å². The predicted molar refractivity (Wildman–Crippen MR) is 73.9 cm³/mol. The standard InChI is InChI=1S/C12H13N5OS/c1-8-6-10(17(2)16-8)11(18)15-12-14-7-9(19-12)4-3-5-13/h6-7H,5,13H2,1-2H3,(H,14,15,18). The average Bonchev–Trinajstić information content (AvgIpc) is 2.93. The molecule has 2 aromatic heterocycles. The van der Waals surface area contributed by atoms with Crippen LogP contribution in [0.15, 0.2) is 12.3 Å². The number of carbonyl (C=O) groups excluding carboxylic acids is 1. The monoisotopic (exact) mass is 275 g/mol. The average molecular weight is 275 g/mol. The fraction of sp³-hybridized carbons (Fsp3) is 0.250. The summed E-state index contributed by atoms with van der Waals surface area (Å²) < 4.78 is 1.54. The van der Waals surface area contributed by atoms with Crippen molar-refractivity contribution in [2.45, 2.75) is 6.92 Å². The first-order valence-corrected chi connectivity index (χ1v) is 6.38. The number of aromatic nitrogens is 3. The number of nitrogens with one attached hydrogen (secondary N) is 1. The summed E-state index contributed by atoms with van der Waals surface area (Å²) in [5, 5.41) is 7.34. The van der Waals surface area contributed by atoms with Crippen LogP contribution in [0.3, 0.4) is 0 Å². The van der Waals surface area contributed by atoms with Crippen molar-refractivity contribution >= 4 is 22.4 Å². The molecule has 0 fully saturated rings. The second kappa shape index (κ2) is 5.65. The van der Waals surface area contributed by atoms with E-state index in [0.717, 1.165) is 10.6 Å². The van der Waals surface area contributed by atoms with Gasteiger partial charge in [0.05, 0.1) is 23.3 Å². The smallest absolute Gasteiger partial charge is 0.275 e. The van der Waals surface area contributed by atoms with E-state index in [0.29, 0.717) is 17.4 Å². The van der Waals surface area contributed by atoms with Crippen molar-refractivity contribution in [3.8, 4) is 11.8 Å². The van der Waals surface area contributed by atoms with E-state index < -0.39 is 0 Å². The Bertz CT molecular complexity index is 661. The zero-order valence-electron chi connectivity index (χ0n) is 10.6. The van der Waals surface area contributed by atoms with Crippen LogP contribution in [0.25, 0.3) is 0 Å². The first kappa shape index (κ1) is 13.3. The number of nitrogens with zero attached hydrogens (tertiary/aromatic N) is 3. The number of anilines is 1. The second-order valence-electron chi connectivity index (χ2n) is 3.78. The number of aryl methyl sites for hydroxylation is 2. The number of amides is 1. The van der Waals surface area contributed by atoms with Gasteiger partial charge in [-0.15, -0.1) is 0 Å². The maximum Gasteiger partial charge on any atom is 0.275 e. The van der Waals surface area contributed by atoms with E-state index in [1.54, 1.807) is 19.3 Å². The van der Waals surface area contributed by atoms with Crippen LogP contribution in [0.5, 0.6) is 0 Å². The van der Waals surface area contributed by atoms with Crippen molar-refractivity contribution in [3.63, 3.8) is 0 Å². The first-order valence-electron chi connectivity index (χ1n) is 5.57. The summed E-state index contributed by atoms with van der Waals surface area (Å²) >= 11 is 1.31. The molecule has 3 N–H and O–H groups in total. The van der Waals surface area contributed by atoms with Crippen LogP contribution in [0.2, 0.25) is 0 Å². The van der Waals surface area contributed by atoms with Crippen LogP contribution in [0.4, 0.5) is 5.13 Å². The van der Waals surface area contributed by atoms with Crippen molar-refractivity contribution in [1.29, 1.82) is 0 Å². The van der Waals surface area contributed by atoms with Gasteiger partial charge in [0.25, 0.3) is 5.91 Å². The predicted octanol–water partition coefficient (Wildman–Crippen LogP) is 0.748. The van der Waals surface area contributed by atoms with Gasteiger partial charge in [0, 0.05) is 7.05 Å². The third-order valence-electron chi connectivity index (χ3n) is 2.27. The Kier molecular flexibility index (Phi) is 3.94. The van der Waals surface area contributed by atoms with Gasteiger partial charge in [-0.05, 0) is 13.0 Å². The van der Waals surface area contributed by atoms with Gasteiger partial charge < -0.3 is 5.73 Å². The quantitative estimate of drug-likeness (QED) is 0.792. The molecule has 0 radical (unpaired) electrons. The molecule has 0 atom stereocenters. The molecule has 6 nitrogen and oxygen atoms in total. The molecule has 0 aliphatic rings. The van der Waals surface area contributed by atoms with Gasteiger partial charge >= 0.3 is 0 Å². The van der Waals surface area contributed by atoms with Crippen LogP contribution >= 0.6 is 11.3 Å². The van der Waals surface area contributed by atoms with Crippen molar-refractivity contribution in [1.82, 2.24) is 14.8 Å².